The fourth-order valence-electron chi connectivity index (χ4n) is 0.818. The van der Waals surface area contributed by atoms with Gasteiger partial charge in [-0.05, 0) is 12.1 Å². The fraction of sp³-hybridized carbons (Fsp3) is 0.143. The van der Waals surface area contributed by atoms with Crippen LogP contribution >= 0.6 is 13.5 Å². The molecule has 0 aliphatic heterocycles. The standard InChI is InChI=1S/C7H9NO2S.H2S/c1-11(9,10)7-5-3-2-4-6(7)8;/h2-5H,8H2,1H3;1H2. The minimum Gasteiger partial charge on any atom is -0.398 e. The molecule has 1 aromatic carbocycles. The highest BCUT2D eigenvalue weighted by Crippen LogP contribution is 2.15. The average molecular weight is 205 g/mol. The number of para-hydroxylation sites is 1. The Labute approximate surface area is 79.0 Å². The third-order valence-corrected chi connectivity index (χ3v) is 2.49. The summed E-state index contributed by atoms with van der Waals surface area (Å²) in [6.07, 6.45) is 1.14. The van der Waals surface area contributed by atoms with Crippen molar-refractivity contribution in [3.63, 3.8) is 0 Å². The van der Waals surface area contributed by atoms with Gasteiger partial charge in [-0.25, -0.2) is 8.42 Å². The van der Waals surface area contributed by atoms with Gasteiger partial charge in [-0.15, -0.1) is 0 Å². The van der Waals surface area contributed by atoms with Gasteiger partial charge < -0.3 is 5.73 Å². The minimum atomic E-state index is -3.16. The lowest BCUT2D eigenvalue weighted by molar-refractivity contribution is 0.602. The van der Waals surface area contributed by atoms with Gasteiger partial charge >= 0.3 is 0 Å². The molecule has 0 atom stereocenters. The van der Waals surface area contributed by atoms with Gasteiger partial charge in [0, 0.05) is 6.26 Å². The summed E-state index contributed by atoms with van der Waals surface area (Å²) in [6.45, 7) is 0. The summed E-state index contributed by atoms with van der Waals surface area (Å²) in [4.78, 5) is 0.194. The highest BCUT2D eigenvalue weighted by molar-refractivity contribution is 7.90. The van der Waals surface area contributed by atoms with Crippen molar-refractivity contribution in [1.82, 2.24) is 0 Å². The summed E-state index contributed by atoms with van der Waals surface area (Å²) >= 11 is 0. The first-order valence-corrected chi connectivity index (χ1v) is 4.95. The molecule has 1 rings (SSSR count). The third kappa shape index (κ3) is 2.42. The molecule has 0 fully saturated rings. The van der Waals surface area contributed by atoms with Gasteiger partial charge in [0.2, 0.25) is 0 Å². The largest absolute Gasteiger partial charge is 0.398 e. The van der Waals surface area contributed by atoms with Gasteiger partial charge in [-0.1, -0.05) is 12.1 Å². The zero-order valence-electron chi connectivity index (χ0n) is 6.61. The molecule has 0 spiro atoms. The van der Waals surface area contributed by atoms with Gasteiger partial charge in [0.1, 0.15) is 0 Å². The lowest BCUT2D eigenvalue weighted by Crippen LogP contribution is -2.01. The molecule has 68 valence electrons. The first-order valence-electron chi connectivity index (χ1n) is 3.06. The van der Waals surface area contributed by atoms with Gasteiger partial charge in [-0.2, -0.15) is 13.5 Å². The predicted molar refractivity (Wildman–Crippen MR) is 54.3 cm³/mol. The van der Waals surface area contributed by atoms with Gasteiger partial charge in [-0.3, -0.25) is 0 Å². The van der Waals surface area contributed by atoms with Crippen LogP contribution in [-0.4, -0.2) is 14.7 Å². The van der Waals surface area contributed by atoms with E-state index in [1.165, 1.54) is 6.07 Å². The van der Waals surface area contributed by atoms with Gasteiger partial charge in [0.25, 0.3) is 0 Å². The van der Waals surface area contributed by atoms with Crippen LogP contribution in [0.4, 0.5) is 5.69 Å². The molecule has 2 N–H and O–H groups in total. The Morgan fingerprint density at radius 3 is 2.08 bits per heavy atom. The van der Waals surface area contributed by atoms with E-state index in [1.807, 2.05) is 0 Å². The van der Waals surface area contributed by atoms with Crippen molar-refractivity contribution in [1.29, 1.82) is 0 Å². The maximum atomic E-state index is 11.0. The first kappa shape index (κ1) is 11.3. The maximum absolute atomic E-state index is 11.0. The number of benzene rings is 1. The van der Waals surface area contributed by atoms with Crippen molar-refractivity contribution in [3.05, 3.63) is 24.3 Å². The van der Waals surface area contributed by atoms with E-state index in [4.69, 9.17) is 5.73 Å². The molecule has 12 heavy (non-hydrogen) atoms. The number of anilines is 1. The Bertz CT molecular complexity index is 359. The fourth-order valence-corrected chi connectivity index (χ4v) is 1.64. The second-order valence-corrected chi connectivity index (χ2v) is 4.29. The first-order chi connectivity index (χ1) is 5.02. The van der Waals surface area contributed by atoms with Crippen LogP contribution in [0, 0.1) is 0 Å². The summed E-state index contributed by atoms with van der Waals surface area (Å²) in [5, 5.41) is 0. The van der Waals surface area contributed by atoms with E-state index in [1.54, 1.807) is 18.2 Å². The van der Waals surface area contributed by atoms with E-state index < -0.39 is 9.84 Å². The summed E-state index contributed by atoms with van der Waals surface area (Å²) in [7, 11) is -3.16. The molecule has 0 saturated carbocycles. The minimum absolute atomic E-state index is 0. The lowest BCUT2D eigenvalue weighted by Gasteiger charge is -2.00. The molecule has 0 aliphatic carbocycles. The lowest BCUT2D eigenvalue weighted by atomic mass is 10.3. The number of nitrogens with two attached hydrogens (primary N) is 1. The van der Waals surface area contributed by atoms with Gasteiger partial charge in [0.15, 0.2) is 9.84 Å². The van der Waals surface area contributed by atoms with Crippen molar-refractivity contribution < 1.29 is 8.42 Å². The molecule has 0 radical (unpaired) electrons. The summed E-state index contributed by atoms with van der Waals surface area (Å²) in [5.74, 6) is 0. The van der Waals surface area contributed by atoms with Crippen molar-refractivity contribution in [3.8, 4) is 0 Å². The SMILES string of the molecule is CS(=O)(=O)c1ccccc1N.S. The molecular weight excluding hydrogens is 194 g/mol. The second kappa shape index (κ2) is 3.82. The average Bonchev–Trinajstić information content (AvgIpc) is 1.86. The van der Waals surface area contributed by atoms with E-state index in [-0.39, 0.29) is 18.4 Å². The molecule has 0 bridgehead atoms. The normalized spacial score (nSPS) is 10.4. The third-order valence-electron chi connectivity index (χ3n) is 1.32. The van der Waals surface area contributed by atoms with Crippen LogP contribution in [0.5, 0.6) is 0 Å². The second-order valence-electron chi connectivity index (χ2n) is 2.31. The Morgan fingerprint density at radius 1 is 1.25 bits per heavy atom. The van der Waals surface area contributed by atoms with Crippen molar-refractivity contribution >= 4 is 29.0 Å². The van der Waals surface area contributed by atoms with Crippen LogP contribution in [0.15, 0.2) is 29.2 Å². The molecule has 0 amide bonds. The highest BCUT2D eigenvalue weighted by Gasteiger charge is 2.08. The summed E-state index contributed by atoms with van der Waals surface area (Å²) in [6, 6.07) is 6.40. The molecule has 1 aromatic rings. The number of sulfone groups is 1. The summed E-state index contributed by atoms with van der Waals surface area (Å²) < 4.78 is 21.9. The smallest absolute Gasteiger partial charge is 0.177 e. The monoisotopic (exact) mass is 205 g/mol. The topological polar surface area (TPSA) is 60.2 Å². The van der Waals surface area contributed by atoms with Crippen molar-refractivity contribution in [2.75, 3.05) is 12.0 Å². The molecule has 5 heteroatoms. The zero-order chi connectivity index (χ0) is 8.48. The van der Waals surface area contributed by atoms with E-state index in [0.717, 1.165) is 6.26 Å². The van der Waals surface area contributed by atoms with E-state index >= 15 is 0 Å². The number of rotatable bonds is 1. The number of hydrogen-bond donors (Lipinski definition) is 1. The molecule has 0 aromatic heterocycles. The van der Waals surface area contributed by atoms with Crippen LogP contribution in [0.25, 0.3) is 0 Å². The van der Waals surface area contributed by atoms with Crippen molar-refractivity contribution in [2.45, 2.75) is 4.90 Å². The Balaban J connectivity index is 0.00000121. The van der Waals surface area contributed by atoms with Crippen molar-refractivity contribution in [2.24, 2.45) is 0 Å². The van der Waals surface area contributed by atoms with E-state index in [2.05, 4.69) is 0 Å². The Kier molecular flexibility index (Phi) is 3.60. The Hall–Kier alpha value is -0.680. The van der Waals surface area contributed by atoms with Crippen LogP contribution in [-0.2, 0) is 9.84 Å². The summed E-state index contributed by atoms with van der Waals surface area (Å²) in [5.41, 5.74) is 5.73. The number of hydrogen-bond acceptors (Lipinski definition) is 3. The van der Waals surface area contributed by atoms with Crippen LogP contribution in [0.3, 0.4) is 0 Å². The highest BCUT2D eigenvalue weighted by atomic mass is 32.2. The molecule has 0 aliphatic rings. The Morgan fingerprint density at radius 2 is 1.75 bits per heavy atom. The molecule has 0 unspecified atom stereocenters. The predicted octanol–water partition coefficient (Wildman–Crippen LogP) is 0.785. The van der Waals surface area contributed by atoms with E-state index in [9.17, 15) is 8.42 Å². The quantitative estimate of drug-likeness (QED) is 0.689. The van der Waals surface area contributed by atoms with Crippen LogP contribution < -0.4 is 5.73 Å². The maximum Gasteiger partial charge on any atom is 0.177 e. The molecule has 3 nitrogen and oxygen atoms in total. The number of nitrogen functional groups attached to an aromatic ring is 1. The van der Waals surface area contributed by atoms with E-state index in [0.29, 0.717) is 5.69 Å². The van der Waals surface area contributed by atoms with Crippen LogP contribution in [0.2, 0.25) is 0 Å². The van der Waals surface area contributed by atoms with Crippen LogP contribution in [0.1, 0.15) is 0 Å². The van der Waals surface area contributed by atoms with Gasteiger partial charge in [0.05, 0.1) is 10.6 Å². The molecule has 0 heterocycles. The zero-order valence-corrected chi connectivity index (χ0v) is 8.43. The molecular formula is C7H11NO2S2. The molecule has 0 saturated heterocycles.